The lowest BCUT2D eigenvalue weighted by Crippen LogP contribution is -2.59. The maximum Gasteiger partial charge on any atom is 0.329 e. The molecule has 2 fully saturated rings. The number of likely N-dealkylation sites (tertiary alicyclic amines) is 1. The molecule has 0 aromatic heterocycles. The standard InChI is InChI=1S/C15H26N2O4/c1-2-4-15(13(19)20)5-3-8-17(15)12(18)14(11-16)6-9-21-10-7-14/h2-11,16H2,1H3,(H,19,20). The number of amides is 1. The molecule has 1 amide bonds. The lowest BCUT2D eigenvalue weighted by atomic mass is 9.77. The molecule has 21 heavy (non-hydrogen) atoms. The molecule has 0 radical (unpaired) electrons. The van der Waals surface area contributed by atoms with Crippen molar-refractivity contribution in [3.63, 3.8) is 0 Å². The van der Waals surface area contributed by atoms with Gasteiger partial charge in [0, 0.05) is 26.3 Å². The van der Waals surface area contributed by atoms with Gasteiger partial charge in [-0.15, -0.1) is 0 Å². The number of carboxylic acid groups (broad SMARTS) is 1. The van der Waals surface area contributed by atoms with E-state index in [9.17, 15) is 14.7 Å². The van der Waals surface area contributed by atoms with Gasteiger partial charge in [0.1, 0.15) is 5.54 Å². The zero-order valence-electron chi connectivity index (χ0n) is 12.8. The molecule has 2 saturated heterocycles. The maximum atomic E-state index is 13.1. The van der Waals surface area contributed by atoms with Gasteiger partial charge in [-0.1, -0.05) is 13.3 Å². The van der Waals surface area contributed by atoms with Crippen LogP contribution in [0.1, 0.15) is 45.4 Å². The number of carboxylic acids is 1. The van der Waals surface area contributed by atoms with E-state index in [1.807, 2.05) is 6.92 Å². The number of nitrogens with zero attached hydrogens (tertiary/aromatic N) is 1. The van der Waals surface area contributed by atoms with Crippen molar-refractivity contribution in [1.29, 1.82) is 0 Å². The first kappa shape index (κ1) is 16.2. The zero-order valence-corrected chi connectivity index (χ0v) is 12.8. The van der Waals surface area contributed by atoms with Crippen LogP contribution in [0.4, 0.5) is 0 Å². The van der Waals surface area contributed by atoms with Crippen LogP contribution in [0.15, 0.2) is 0 Å². The van der Waals surface area contributed by atoms with Crippen LogP contribution in [0.5, 0.6) is 0 Å². The van der Waals surface area contributed by atoms with Crippen LogP contribution < -0.4 is 5.73 Å². The first-order valence-electron chi connectivity index (χ1n) is 7.86. The molecule has 1 unspecified atom stereocenters. The van der Waals surface area contributed by atoms with Gasteiger partial charge in [0.2, 0.25) is 5.91 Å². The molecule has 6 heteroatoms. The van der Waals surface area contributed by atoms with Crippen LogP contribution in [-0.4, -0.2) is 53.7 Å². The normalized spacial score (nSPS) is 28.6. The summed E-state index contributed by atoms with van der Waals surface area (Å²) < 4.78 is 5.34. The van der Waals surface area contributed by atoms with Crippen molar-refractivity contribution in [2.24, 2.45) is 11.1 Å². The van der Waals surface area contributed by atoms with Gasteiger partial charge in [0.25, 0.3) is 0 Å². The maximum absolute atomic E-state index is 13.1. The fourth-order valence-electron chi connectivity index (χ4n) is 3.73. The lowest BCUT2D eigenvalue weighted by Gasteiger charge is -2.43. The molecule has 2 aliphatic heterocycles. The molecular formula is C15H26N2O4. The van der Waals surface area contributed by atoms with E-state index in [1.54, 1.807) is 4.90 Å². The van der Waals surface area contributed by atoms with E-state index in [1.165, 1.54) is 0 Å². The number of hydrogen-bond donors (Lipinski definition) is 2. The zero-order chi connectivity index (χ0) is 15.5. The molecule has 0 bridgehead atoms. The molecular weight excluding hydrogens is 272 g/mol. The summed E-state index contributed by atoms with van der Waals surface area (Å²) in [5, 5.41) is 9.72. The molecule has 0 aromatic rings. The number of aliphatic carboxylic acids is 1. The van der Waals surface area contributed by atoms with Crippen molar-refractivity contribution < 1.29 is 19.4 Å². The number of hydrogen-bond acceptors (Lipinski definition) is 4. The second-order valence-electron chi connectivity index (χ2n) is 6.24. The van der Waals surface area contributed by atoms with Crippen LogP contribution >= 0.6 is 0 Å². The van der Waals surface area contributed by atoms with Gasteiger partial charge in [0.05, 0.1) is 5.41 Å². The minimum Gasteiger partial charge on any atom is -0.479 e. The Balaban J connectivity index is 2.29. The van der Waals surface area contributed by atoms with Crippen molar-refractivity contribution >= 4 is 11.9 Å². The van der Waals surface area contributed by atoms with E-state index < -0.39 is 16.9 Å². The molecule has 3 N–H and O–H groups in total. The van der Waals surface area contributed by atoms with Crippen LogP contribution in [0.25, 0.3) is 0 Å². The molecule has 0 aromatic carbocycles. The van der Waals surface area contributed by atoms with E-state index in [4.69, 9.17) is 10.5 Å². The third-order valence-electron chi connectivity index (χ3n) is 5.09. The summed E-state index contributed by atoms with van der Waals surface area (Å²) in [6, 6.07) is 0. The third-order valence-corrected chi connectivity index (χ3v) is 5.09. The average Bonchev–Trinajstić information content (AvgIpc) is 2.92. The number of ether oxygens (including phenoxy) is 1. The third kappa shape index (κ3) is 2.66. The monoisotopic (exact) mass is 298 g/mol. The summed E-state index contributed by atoms with van der Waals surface area (Å²) in [7, 11) is 0. The Bertz CT molecular complexity index is 406. The Morgan fingerprint density at radius 1 is 1.29 bits per heavy atom. The summed E-state index contributed by atoms with van der Waals surface area (Å²) in [5.41, 5.74) is 4.22. The topological polar surface area (TPSA) is 92.9 Å². The van der Waals surface area contributed by atoms with Gasteiger partial charge in [-0.25, -0.2) is 4.79 Å². The lowest BCUT2D eigenvalue weighted by molar-refractivity contribution is -0.164. The Kier molecular flexibility index (Phi) is 4.88. The molecule has 2 heterocycles. The Morgan fingerprint density at radius 2 is 1.95 bits per heavy atom. The SMILES string of the molecule is CCCC1(C(=O)O)CCCN1C(=O)C1(CN)CCOCC1. The van der Waals surface area contributed by atoms with Gasteiger partial charge < -0.3 is 20.5 Å². The van der Waals surface area contributed by atoms with Gasteiger partial charge in [-0.05, 0) is 32.1 Å². The average molecular weight is 298 g/mol. The molecule has 0 saturated carbocycles. The summed E-state index contributed by atoms with van der Waals surface area (Å²) >= 11 is 0. The molecule has 6 nitrogen and oxygen atoms in total. The van der Waals surface area contributed by atoms with Crippen molar-refractivity contribution in [3.8, 4) is 0 Å². The van der Waals surface area contributed by atoms with Crippen LogP contribution in [0.3, 0.4) is 0 Å². The highest BCUT2D eigenvalue weighted by molar-refractivity contribution is 5.91. The van der Waals surface area contributed by atoms with E-state index >= 15 is 0 Å². The molecule has 2 rings (SSSR count). The predicted octanol–water partition coefficient (Wildman–Crippen LogP) is 0.988. The Morgan fingerprint density at radius 3 is 2.48 bits per heavy atom. The molecule has 1 atom stereocenters. The summed E-state index contributed by atoms with van der Waals surface area (Å²) in [6.45, 7) is 3.77. The van der Waals surface area contributed by atoms with Crippen LogP contribution in [0, 0.1) is 5.41 Å². The Hall–Kier alpha value is -1.14. The number of nitrogens with two attached hydrogens (primary N) is 1. The molecule has 120 valence electrons. The highest BCUT2D eigenvalue weighted by Gasteiger charge is 2.53. The minimum absolute atomic E-state index is 0.0818. The minimum atomic E-state index is -1.04. The fraction of sp³-hybridized carbons (Fsp3) is 0.867. The van der Waals surface area contributed by atoms with Gasteiger partial charge in [-0.2, -0.15) is 0 Å². The fourth-order valence-corrected chi connectivity index (χ4v) is 3.73. The van der Waals surface area contributed by atoms with E-state index in [2.05, 4.69) is 0 Å². The van der Waals surface area contributed by atoms with E-state index in [-0.39, 0.29) is 12.5 Å². The first-order valence-corrected chi connectivity index (χ1v) is 7.86. The molecule has 0 spiro atoms. The van der Waals surface area contributed by atoms with E-state index in [0.717, 1.165) is 12.8 Å². The number of carbonyl (C=O) groups excluding carboxylic acids is 1. The second kappa shape index (κ2) is 6.32. The first-order chi connectivity index (χ1) is 10.0. The summed E-state index contributed by atoms with van der Waals surface area (Å²) in [5.74, 6) is -0.962. The van der Waals surface area contributed by atoms with E-state index in [0.29, 0.717) is 45.4 Å². The highest BCUT2D eigenvalue weighted by atomic mass is 16.5. The van der Waals surface area contributed by atoms with Crippen molar-refractivity contribution in [2.75, 3.05) is 26.3 Å². The van der Waals surface area contributed by atoms with Crippen LogP contribution in [0.2, 0.25) is 0 Å². The Labute approximate surface area is 125 Å². The second-order valence-corrected chi connectivity index (χ2v) is 6.24. The van der Waals surface area contributed by atoms with Gasteiger partial charge >= 0.3 is 5.97 Å². The van der Waals surface area contributed by atoms with Crippen molar-refractivity contribution in [1.82, 2.24) is 4.90 Å². The number of carbonyl (C=O) groups is 2. The summed E-state index contributed by atoms with van der Waals surface area (Å²) in [6.07, 6.45) is 3.70. The van der Waals surface area contributed by atoms with Crippen LogP contribution in [-0.2, 0) is 14.3 Å². The predicted molar refractivity (Wildman–Crippen MR) is 77.8 cm³/mol. The number of rotatable bonds is 5. The van der Waals surface area contributed by atoms with Gasteiger partial charge in [0.15, 0.2) is 0 Å². The molecule has 2 aliphatic rings. The van der Waals surface area contributed by atoms with Crippen molar-refractivity contribution in [3.05, 3.63) is 0 Å². The highest BCUT2D eigenvalue weighted by Crippen LogP contribution is 2.40. The van der Waals surface area contributed by atoms with Gasteiger partial charge in [-0.3, -0.25) is 4.79 Å². The van der Waals surface area contributed by atoms with Crippen molar-refractivity contribution in [2.45, 2.75) is 51.0 Å². The summed E-state index contributed by atoms with van der Waals surface area (Å²) in [4.78, 5) is 26.5. The molecule has 0 aliphatic carbocycles. The largest absolute Gasteiger partial charge is 0.479 e. The smallest absolute Gasteiger partial charge is 0.329 e. The quantitative estimate of drug-likeness (QED) is 0.789.